The highest BCUT2D eigenvalue weighted by Crippen LogP contribution is 2.27. The van der Waals surface area contributed by atoms with Crippen LogP contribution in [0.1, 0.15) is 18.7 Å². The fraction of sp³-hybridized carbons (Fsp3) is 0.421. The molecule has 1 aromatic heterocycles. The summed E-state index contributed by atoms with van der Waals surface area (Å²) in [6.07, 6.45) is 3.22. The molecule has 1 amide bonds. The second-order valence-electron chi connectivity index (χ2n) is 6.32. The van der Waals surface area contributed by atoms with Crippen molar-refractivity contribution in [2.24, 2.45) is 0 Å². The number of para-hydroxylation sites is 1. The van der Waals surface area contributed by atoms with E-state index in [1.807, 2.05) is 21.9 Å². The number of benzene rings is 1. The Hall–Kier alpha value is -2.79. The molecule has 1 saturated heterocycles. The van der Waals surface area contributed by atoms with Crippen LogP contribution < -0.4 is 10.2 Å². The zero-order valence-electron chi connectivity index (χ0n) is 14.9. The molecule has 0 saturated carbocycles. The molecule has 27 heavy (non-hydrogen) atoms. The normalized spacial score (nSPS) is 15.6. The number of nitrogens with one attached hydrogen (secondary N) is 1. The lowest BCUT2D eigenvalue weighted by molar-refractivity contribution is -0.121. The summed E-state index contributed by atoms with van der Waals surface area (Å²) in [6, 6.07) is 7.17. The van der Waals surface area contributed by atoms with Crippen LogP contribution in [0, 0.1) is 12.3 Å². The summed E-state index contributed by atoms with van der Waals surface area (Å²) in [5.74, 6) is 2.32. The van der Waals surface area contributed by atoms with E-state index in [0.29, 0.717) is 31.0 Å². The van der Waals surface area contributed by atoms with E-state index in [9.17, 15) is 13.6 Å². The summed E-state index contributed by atoms with van der Waals surface area (Å²) in [6.45, 7) is 3.11. The van der Waals surface area contributed by atoms with Crippen LogP contribution in [-0.2, 0) is 4.79 Å². The number of carbonyl (C=O) groups is 1. The number of carbonyl (C=O) groups excluding carboxylic acids is 1. The molecule has 1 aliphatic heterocycles. The van der Waals surface area contributed by atoms with Gasteiger partial charge in [0.25, 0.3) is 6.43 Å². The molecule has 1 fully saturated rings. The number of aromatic nitrogens is 2. The number of rotatable bonds is 5. The van der Waals surface area contributed by atoms with Gasteiger partial charge in [-0.1, -0.05) is 18.1 Å². The van der Waals surface area contributed by atoms with E-state index in [2.05, 4.69) is 21.2 Å². The molecule has 0 unspecified atom stereocenters. The molecule has 1 N–H and O–H groups in total. The number of alkyl halides is 2. The van der Waals surface area contributed by atoms with Crippen molar-refractivity contribution in [2.45, 2.75) is 12.8 Å². The molecule has 0 atom stereocenters. The SMILES string of the molecule is C#CCNC(=O)CN1CCCN(c2nc(C(F)F)nc3ccccc23)CC1. The van der Waals surface area contributed by atoms with Crippen LogP contribution in [0.4, 0.5) is 14.6 Å². The first-order valence-electron chi connectivity index (χ1n) is 8.81. The van der Waals surface area contributed by atoms with E-state index in [4.69, 9.17) is 6.42 Å². The Morgan fingerprint density at radius 2 is 2.04 bits per heavy atom. The Bertz CT molecular complexity index is 852. The quantitative estimate of drug-likeness (QED) is 0.811. The number of amides is 1. The van der Waals surface area contributed by atoms with Gasteiger partial charge in [-0.15, -0.1) is 6.42 Å². The third-order valence-electron chi connectivity index (χ3n) is 4.44. The first-order chi connectivity index (χ1) is 13.1. The fourth-order valence-electron chi connectivity index (χ4n) is 3.17. The van der Waals surface area contributed by atoms with E-state index in [1.165, 1.54) is 0 Å². The third kappa shape index (κ3) is 4.68. The predicted octanol–water partition coefficient (Wildman–Crippen LogP) is 1.83. The lowest BCUT2D eigenvalue weighted by Crippen LogP contribution is -2.39. The molecule has 0 aliphatic carbocycles. The van der Waals surface area contributed by atoms with E-state index >= 15 is 0 Å². The highest BCUT2D eigenvalue weighted by molar-refractivity contribution is 5.89. The van der Waals surface area contributed by atoms with Gasteiger partial charge in [0.05, 0.1) is 18.6 Å². The molecule has 8 heteroatoms. The molecule has 1 aliphatic rings. The molecule has 6 nitrogen and oxygen atoms in total. The zero-order chi connectivity index (χ0) is 19.2. The van der Waals surface area contributed by atoms with Crippen LogP contribution in [0.5, 0.6) is 0 Å². The Kier molecular flexibility index (Phi) is 6.14. The molecular weight excluding hydrogens is 352 g/mol. The minimum absolute atomic E-state index is 0.117. The molecule has 0 spiro atoms. The summed E-state index contributed by atoms with van der Waals surface area (Å²) >= 11 is 0. The number of terminal acetylenes is 1. The summed E-state index contributed by atoms with van der Waals surface area (Å²) in [7, 11) is 0. The number of nitrogens with zero attached hydrogens (tertiary/aromatic N) is 4. The van der Waals surface area contributed by atoms with Crippen molar-refractivity contribution in [2.75, 3.05) is 44.2 Å². The van der Waals surface area contributed by atoms with Crippen LogP contribution in [0.25, 0.3) is 10.9 Å². The molecule has 142 valence electrons. The maximum atomic E-state index is 13.2. The average Bonchev–Trinajstić information content (AvgIpc) is 2.91. The van der Waals surface area contributed by atoms with E-state index < -0.39 is 12.2 Å². The predicted molar refractivity (Wildman–Crippen MR) is 99.6 cm³/mol. The van der Waals surface area contributed by atoms with Gasteiger partial charge in [0.15, 0.2) is 5.82 Å². The standard InChI is InChI=1S/C19H21F2N5O/c1-2-8-22-16(27)13-25-9-5-10-26(12-11-25)19-14-6-3-4-7-15(14)23-18(24-19)17(20)21/h1,3-4,6-7,17H,5,8-13H2,(H,22,27). The first-order valence-corrected chi connectivity index (χ1v) is 8.81. The molecular formula is C19H21F2N5O. The van der Waals surface area contributed by atoms with Crippen molar-refractivity contribution in [1.82, 2.24) is 20.2 Å². The number of hydrogen-bond donors (Lipinski definition) is 1. The Morgan fingerprint density at radius 3 is 2.81 bits per heavy atom. The van der Waals surface area contributed by atoms with Crippen LogP contribution in [0.2, 0.25) is 0 Å². The van der Waals surface area contributed by atoms with Crippen molar-refractivity contribution in [1.29, 1.82) is 0 Å². The number of fused-ring (bicyclic) bond motifs is 1. The molecule has 3 rings (SSSR count). The molecule has 2 heterocycles. The van der Waals surface area contributed by atoms with Crippen molar-refractivity contribution >= 4 is 22.6 Å². The third-order valence-corrected chi connectivity index (χ3v) is 4.44. The maximum Gasteiger partial charge on any atom is 0.297 e. The summed E-state index contributed by atoms with van der Waals surface area (Å²) in [5.41, 5.74) is 0.507. The maximum absolute atomic E-state index is 13.2. The topological polar surface area (TPSA) is 61.4 Å². The van der Waals surface area contributed by atoms with Gasteiger partial charge in [-0.3, -0.25) is 9.69 Å². The monoisotopic (exact) mass is 373 g/mol. The molecule has 0 radical (unpaired) electrons. The van der Waals surface area contributed by atoms with E-state index in [0.717, 1.165) is 18.4 Å². The minimum atomic E-state index is -2.73. The zero-order valence-corrected chi connectivity index (χ0v) is 14.9. The van der Waals surface area contributed by atoms with Gasteiger partial charge in [-0.05, 0) is 18.6 Å². The van der Waals surface area contributed by atoms with Gasteiger partial charge >= 0.3 is 0 Å². The summed E-state index contributed by atoms with van der Waals surface area (Å²) in [5, 5.41) is 3.40. The van der Waals surface area contributed by atoms with Gasteiger partial charge < -0.3 is 10.2 Å². The second kappa shape index (κ2) is 8.73. The largest absolute Gasteiger partial charge is 0.355 e. The van der Waals surface area contributed by atoms with Crippen LogP contribution in [-0.4, -0.2) is 60.0 Å². The van der Waals surface area contributed by atoms with Gasteiger partial charge in [0.2, 0.25) is 5.91 Å². The highest BCUT2D eigenvalue weighted by Gasteiger charge is 2.22. The van der Waals surface area contributed by atoms with Crippen LogP contribution in [0.3, 0.4) is 0 Å². The smallest absolute Gasteiger partial charge is 0.297 e. The van der Waals surface area contributed by atoms with Crippen molar-refractivity contribution in [3.8, 4) is 12.3 Å². The van der Waals surface area contributed by atoms with Gasteiger partial charge in [-0.2, -0.15) is 0 Å². The van der Waals surface area contributed by atoms with Gasteiger partial charge in [0.1, 0.15) is 5.82 Å². The van der Waals surface area contributed by atoms with Crippen LogP contribution >= 0.6 is 0 Å². The molecule has 1 aromatic carbocycles. The highest BCUT2D eigenvalue weighted by atomic mass is 19.3. The van der Waals surface area contributed by atoms with Crippen molar-refractivity contribution < 1.29 is 13.6 Å². The fourth-order valence-corrected chi connectivity index (χ4v) is 3.17. The lowest BCUT2D eigenvalue weighted by atomic mass is 10.2. The lowest BCUT2D eigenvalue weighted by Gasteiger charge is -2.24. The second-order valence-corrected chi connectivity index (χ2v) is 6.32. The summed E-state index contributed by atoms with van der Waals surface area (Å²) < 4.78 is 26.4. The van der Waals surface area contributed by atoms with Gasteiger partial charge in [-0.25, -0.2) is 18.7 Å². The van der Waals surface area contributed by atoms with E-state index in [-0.39, 0.29) is 19.0 Å². The van der Waals surface area contributed by atoms with E-state index in [1.54, 1.807) is 12.1 Å². The number of halogens is 2. The van der Waals surface area contributed by atoms with Crippen molar-refractivity contribution in [3.05, 3.63) is 30.1 Å². The first kappa shape index (κ1) is 19.0. The Morgan fingerprint density at radius 1 is 1.22 bits per heavy atom. The van der Waals surface area contributed by atoms with Crippen LogP contribution in [0.15, 0.2) is 24.3 Å². The summed E-state index contributed by atoms with van der Waals surface area (Å²) in [4.78, 5) is 24.0. The van der Waals surface area contributed by atoms with Gasteiger partial charge in [0, 0.05) is 31.6 Å². The van der Waals surface area contributed by atoms with Crippen molar-refractivity contribution in [3.63, 3.8) is 0 Å². The number of hydrogen-bond acceptors (Lipinski definition) is 5. The minimum Gasteiger partial charge on any atom is -0.355 e. The molecule has 0 bridgehead atoms. The average molecular weight is 373 g/mol. The number of anilines is 1. The Labute approximate surface area is 156 Å². The Balaban J connectivity index is 1.77. The molecule has 2 aromatic rings.